The molecular weight excluding hydrogens is 1000 g/mol. The number of carbonyl (C=O) groups excluding carboxylic acids is 5. The zero-order chi connectivity index (χ0) is 52.8. The number of imide groups is 1. The van der Waals surface area contributed by atoms with E-state index in [4.69, 9.17) is 4.84 Å². The topological polar surface area (TPSA) is 281 Å². The molecule has 2 aliphatic heterocycles. The van der Waals surface area contributed by atoms with Gasteiger partial charge < -0.3 is 14.7 Å². The number of benzene rings is 4. The second-order valence-electron chi connectivity index (χ2n) is 18.1. The summed E-state index contributed by atoms with van der Waals surface area (Å²) in [6.07, 6.45) is 10.2. The number of nitrogens with zero attached hydrogens (tertiary/aromatic N) is 3. The highest BCUT2D eigenvalue weighted by Crippen LogP contribution is 2.45. The summed E-state index contributed by atoms with van der Waals surface area (Å²) >= 11 is 0. The summed E-state index contributed by atoms with van der Waals surface area (Å²) < 4.78 is 110. The zero-order valence-electron chi connectivity index (χ0n) is 40.1. The van der Waals surface area contributed by atoms with Crippen LogP contribution in [0.3, 0.4) is 0 Å². The molecule has 0 bridgehead atoms. The molecule has 1 saturated heterocycles. The molecule has 19 nitrogen and oxygen atoms in total. The number of hydrogen-bond donors (Lipinski definition) is 4. The Balaban J connectivity index is 1.20. The number of aromatic nitrogens is 1. The van der Waals surface area contributed by atoms with Crippen LogP contribution >= 0.6 is 0 Å². The van der Waals surface area contributed by atoms with E-state index in [2.05, 4.69) is 5.32 Å². The van der Waals surface area contributed by atoms with Crippen LogP contribution < -0.4 is 10.7 Å². The van der Waals surface area contributed by atoms with E-state index in [1.165, 1.54) is 12.1 Å². The summed E-state index contributed by atoms with van der Waals surface area (Å²) in [7, 11) is -14.6. The highest BCUT2D eigenvalue weighted by atomic mass is 32.2. The first-order valence-electron chi connectivity index (χ1n) is 23.7. The van der Waals surface area contributed by atoms with Crippen molar-refractivity contribution in [1.82, 2.24) is 14.9 Å². The lowest BCUT2D eigenvalue weighted by atomic mass is 9.67. The summed E-state index contributed by atoms with van der Waals surface area (Å²) in [5, 5.41) is 5.82. The van der Waals surface area contributed by atoms with Gasteiger partial charge in [-0.15, -0.1) is 5.06 Å². The molecule has 3 aliphatic rings. The minimum Gasteiger partial charge on any atom is -0.355 e. The molecule has 5 aromatic rings. The van der Waals surface area contributed by atoms with E-state index in [-0.39, 0.29) is 78.8 Å². The van der Waals surface area contributed by atoms with Gasteiger partial charge in [-0.1, -0.05) is 61.4 Å². The number of nitrogens with one attached hydrogen (secondary N) is 1. The Kier molecular flexibility index (Phi) is 14.6. The minimum atomic E-state index is -5.07. The van der Waals surface area contributed by atoms with Crippen molar-refractivity contribution in [3.63, 3.8) is 0 Å². The monoisotopic (exact) mass is 1060 g/mol. The van der Waals surface area contributed by atoms with Crippen LogP contribution in [0.1, 0.15) is 90.5 Å². The van der Waals surface area contributed by atoms with Crippen molar-refractivity contribution in [3.05, 3.63) is 101 Å². The predicted molar refractivity (Wildman–Crippen MR) is 268 cm³/mol. The third kappa shape index (κ3) is 10.1. The van der Waals surface area contributed by atoms with E-state index in [1.807, 2.05) is 29.7 Å². The standard InChI is InChI=1S/C51H52N4O15S3/c1-4-52-50(60)51(43(56)17-9-7-8-10-18-46(59)70-55-44(57)25-26-45(55)58)29-31(19-21-37-33-13-11-15-35-40(71(61,62)63)24-23-39(47(33)35)53(37)5-2)27-32(30-51)20-22-38-34-14-12-16-36-41(72(64,65)66)28-42(73(67,68)69)49(48(34)36)54(38)6-3/h11-16,19-24,27-28H,4-10,17-18,25-26,29-30H2,1-3H3,(H3-,52,60,61,62,63,64,65,66,67,68,69)/p+1. The quantitative estimate of drug-likeness (QED) is 0.0235. The smallest absolute Gasteiger partial charge is 0.333 e. The summed E-state index contributed by atoms with van der Waals surface area (Å²) in [6, 6.07) is 13.4. The molecule has 22 heteroatoms. The van der Waals surface area contributed by atoms with Gasteiger partial charge in [-0.3, -0.25) is 32.8 Å². The Labute approximate surface area is 420 Å². The maximum Gasteiger partial charge on any atom is 0.333 e. The summed E-state index contributed by atoms with van der Waals surface area (Å²) in [4.78, 5) is 68.7. The zero-order valence-corrected chi connectivity index (χ0v) is 42.5. The average Bonchev–Trinajstić information content (AvgIpc) is 3.95. The number of allylic oxidation sites excluding steroid dienone is 6. The van der Waals surface area contributed by atoms with Crippen LogP contribution in [0.25, 0.3) is 38.5 Å². The molecule has 4 N–H and O–H groups in total. The van der Waals surface area contributed by atoms with Gasteiger partial charge in [-0.05, 0) is 87.9 Å². The normalized spacial score (nSPS) is 18.4. The van der Waals surface area contributed by atoms with Gasteiger partial charge in [-0.2, -0.15) is 29.8 Å². The lowest BCUT2D eigenvalue weighted by Crippen LogP contribution is -2.48. The van der Waals surface area contributed by atoms with E-state index in [9.17, 15) is 62.9 Å². The molecule has 384 valence electrons. The van der Waals surface area contributed by atoms with Gasteiger partial charge in [0.15, 0.2) is 4.90 Å². The Bertz CT molecular complexity index is 3720. The maximum absolute atomic E-state index is 14.8. The summed E-state index contributed by atoms with van der Waals surface area (Å²) in [6.45, 7) is 6.15. The first kappa shape index (κ1) is 52.6. The van der Waals surface area contributed by atoms with Crippen molar-refractivity contribution in [1.29, 1.82) is 0 Å². The van der Waals surface area contributed by atoms with E-state index in [0.29, 0.717) is 86.7 Å². The van der Waals surface area contributed by atoms with Crippen molar-refractivity contribution >= 4 is 110 Å². The number of hydroxylamine groups is 2. The van der Waals surface area contributed by atoms with Crippen LogP contribution in [-0.2, 0) is 65.7 Å². The first-order valence-corrected chi connectivity index (χ1v) is 28.0. The lowest BCUT2D eigenvalue weighted by Gasteiger charge is -2.35. The number of Topliss-reactive ketones (excluding diaryl/α,β-unsaturated/α-hetero) is 1. The second-order valence-corrected chi connectivity index (χ2v) is 22.3. The Morgan fingerprint density at radius 1 is 0.740 bits per heavy atom. The second kappa shape index (κ2) is 20.3. The molecule has 1 aliphatic carbocycles. The molecule has 0 radical (unpaired) electrons. The molecule has 1 aromatic heterocycles. The Hall–Kier alpha value is -6.69. The van der Waals surface area contributed by atoms with E-state index >= 15 is 0 Å². The lowest BCUT2D eigenvalue weighted by molar-refractivity contribution is -0.433. The molecule has 4 aromatic carbocycles. The molecule has 8 rings (SSSR count). The van der Waals surface area contributed by atoms with Crippen molar-refractivity contribution in [2.45, 2.75) is 106 Å². The number of unbranched alkanes of at least 4 members (excludes halogenated alkanes) is 3. The maximum atomic E-state index is 14.8. The number of aryl methyl sites for hydroxylation is 1. The van der Waals surface area contributed by atoms with Gasteiger partial charge in [0.05, 0.1) is 10.9 Å². The fraction of sp³-hybridized carbons (Fsp3) is 0.333. The van der Waals surface area contributed by atoms with Gasteiger partial charge in [0.1, 0.15) is 27.5 Å². The van der Waals surface area contributed by atoms with Gasteiger partial charge in [0.2, 0.25) is 17.3 Å². The number of ketones is 1. The number of hydrogen-bond acceptors (Lipinski definition) is 12. The molecule has 73 heavy (non-hydrogen) atoms. The molecule has 1 fully saturated rings. The summed E-state index contributed by atoms with van der Waals surface area (Å²) in [5.74, 6) is -2.78. The van der Waals surface area contributed by atoms with Gasteiger partial charge >= 0.3 is 16.1 Å². The largest absolute Gasteiger partial charge is 0.355 e. The van der Waals surface area contributed by atoms with E-state index < -0.39 is 69.3 Å². The van der Waals surface area contributed by atoms with E-state index in [1.54, 1.807) is 67.0 Å². The Morgan fingerprint density at radius 3 is 2.00 bits per heavy atom. The van der Waals surface area contributed by atoms with Crippen LogP contribution in [-0.4, -0.2) is 101 Å². The number of rotatable bonds is 19. The predicted octanol–water partition coefficient (Wildman–Crippen LogP) is 6.22. The highest BCUT2D eigenvalue weighted by molar-refractivity contribution is 7.87. The molecule has 0 spiro atoms. The van der Waals surface area contributed by atoms with Crippen molar-refractivity contribution in [2.24, 2.45) is 5.41 Å². The fourth-order valence-electron chi connectivity index (χ4n) is 10.3. The van der Waals surface area contributed by atoms with Crippen LogP contribution in [0, 0.1) is 5.41 Å². The van der Waals surface area contributed by atoms with Crippen molar-refractivity contribution in [2.75, 3.05) is 13.1 Å². The average molecular weight is 1060 g/mol. The molecular formula is C51H53N4O15S3+. The molecule has 3 amide bonds. The SMILES string of the molecule is CCNC(=O)C1(C(=O)CCCCCCC(=O)ON2C(=O)CCC2=O)CC(=CC=c2c3cccc4c(S(=O)(=O)O)ccc(c43)n2CC)C=C(C=CC2=[N+](CC)c3c(S(=O)(=O)O)cc(S(=O)(=O)O)c4cccc2c34)C1. The van der Waals surface area contributed by atoms with Crippen LogP contribution in [0.4, 0.5) is 5.69 Å². The fourth-order valence-corrected chi connectivity index (χ4v) is 12.5. The van der Waals surface area contributed by atoms with Crippen molar-refractivity contribution < 1.29 is 72.3 Å². The van der Waals surface area contributed by atoms with E-state index in [0.717, 1.165) is 6.07 Å². The van der Waals surface area contributed by atoms with Gasteiger partial charge in [0.25, 0.3) is 32.1 Å². The Morgan fingerprint density at radius 2 is 1.37 bits per heavy atom. The van der Waals surface area contributed by atoms with Crippen LogP contribution in [0.5, 0.6) is 0 Å². The number of carbonyl (C=O) groups is 5. The van der Waals surface area contributed by atoms with Crippen LogP contribution in [0.15, 0.2) is 105 Å². The molecule has 0 saturated carbocycles. The van der Waals surface area contributed by atoms with Crippen LogP contribution in [0.2, 0.25) is 0 Å². The number of amides is 3. The van der Waals surface area contributed by atoms with Crippen molar-refractivity contribution in [3.8, 4) is 0 Å². The third-order valence-electron chi connectivity index (χ3n) is 13.5. The van der Waals surface area contributed by atoms with Gasteiger partial charge in [0, 0.05) is 77.3 Å². The van der Waals surface area contributed by atoms with Gasteiger partial charge in [-0.25, -0.2) is 4.79 Å². The molecule has 3 heterocycles. The highest BCUT2D eigenvalue weighted by Gasteiger charge is 2.47. The summed E-state index contributed by atoms with van der Waals surface area (Å²) in [5.41, 5.74) is 0.871. The minimum absolute atomic E-state index is 0.00946. The molecule has 1 unspecified atom stereocenters. The third-order valence-corrected chi connectivity index (χ3v) is 16.2. The first-order chi connectivity index (χ1) is 34.5. The molecule has 1 atom stereocenters.